The monoisotopic (exact) mass is 326 g/mol. The van der Waals surface area contributed by atoms with E-state index in [0.717, 1.165) is 16.8 Å². The first-order valence-corrected chi connectivity index (χ1v) is 7.54. The molecule has 2 heterocycles. The van der Waals surface area contributed by atoms with Gasteiger partial charge in [0.15, 0.2) is 11.5 Å². The summed E-state index contributed by atoms with van der Waals surface area (Å²) >= 11 is 0. The number of carbonyl (C=O) groups is 1. The molecule has 0 atom stereocenters. The standard InChI is InChI=1S/C16H18N6O2/c1-24-12-5-3-2-4-11(12)8-18-13(23)6-7-17-15-14-16(20-9-19-14)22-10-21-15/h2-5,9-10H,6-8H2,1H3,(H,18,23)(H2,17,19,20,21,22). The van der Waals surface area contributed by atoms with E-state index in [0.29, 0.717) is 31.0 Å². The Balaban J connectivity index is 1.48. The number of benzene rings is 1. The molecule has 0 aliphatic carbocycles. The number of methoxy groups -OCH3 is 1. The SMILES string of the molecule is COc1ccccc1CNC(=O)CCNc1ncnc2nc[nH]c12. The molecule has 2 aromatic heterocycles. The first-order valence-electron chi connectivity index (χ1n) is 7.54. The second-order valence-electron chi connectivity index (χ2n) is 5.09. The summed E-state index contributed by atoms with van der Waals surface area (Å²) in [5, 5.41) is 6.00. The van der Waals surface area contributed by atoms with Gasteiger partial charge in [-0.2, -0.15) is 0 Å². The van der Waals surface area contributed by atoms with Crippen molar-refractivity contribution in [3.05, 3.63) is 42.5 Å². The van der Waals surface area contributed by atoms with Crippen molar-refractivity contribution in [2.24, 2.45) is 0 Å². The van der Waals surface area contributed by atoms with Crippen LogP contribution in [0.5, 0.6) is 5.75 Å². The molecule has 24 heavy (non-hydrogen) atoms. The van der Waals surface area contributed by atoms with Gasteiger partial charge in [0, 0.05) is 25.1 Å². The normalized spacial score (nSPS) is 10.5. The van der Waals surface area contributed by atoms with Crippen molar-refractivity contribution in [2.75, 3.05) is 19.0 Å². The van der Waals surface area contributed by atoms with Gasteiger partial charge in [-0.05, 0) is 6.07 Å². The van der Waals surface area contributed by atoms with Gasteiger partial charge < -0.3 is 20.4 Å². The summed E-state index contributed by atoms with van der Waals surface area (Å²) in [5.41, 5.74) is 2.26. The average molecular weight is 326 g/mol. The van der Waals surface area contributed by atoms with Gasteiger partial charge in [0.1, 0.15) is 17.6 Å². The molecule has 0 saturated heterocycles. The van der Waals surface area contributed by atoms with E-state index in [9.17, 15) is 4.79 Å². The predicted octanol–water partition coefficient (Wildman–Crippen LogP) is 1.48. The Morgan fingerprint density at radius 1 is 1.25 bits per heavy atom. The number of ether oxygens (including phenoxy) is 1. The maximum Gasteiger partial charge on any atom is 0.222 e. The summed E-state index contributed by atoms with van der Waals surface area (Å²) in [6.07, 6.45) is 3.33. The highest BCUT2D eigenvalue weighted by molar-refractivity contribution is 5.82. The summed E-state index contributed by atoms with van der Waals surface area (Å²) < 4.78 is 5.26. The van der Waals surface area contributed by atoms with Gasteiger partial charge in [-0.1, -0.05) is 18.2 Å². The van der Waals surface area contributed by atoms with Crippen LogP contribution in [0.25, 0.3) is 11.2 Å². The highest BCUT2D eigenvalue weighted by atomic mass is 16.5. The van der Waals surface area contributed by atoms with Crippen molar-refractivity contribution >= 4 is 22.9 Å². The average Bonchev–Trinajstić information content (AvgIpc) is 3.10. The third-order valence-electron chi connectivity index (χ3n) is 3.54. The minimum Gasteiger partial charge on any atom is -0.496 e. The van der Waals surface area contributed by atoms with E-state index in [-0.39, 0.29) is 5.91 Å². The molecule has 0 radical (unpaired) electrons. The second kappa shape index (κ2) is 7.40. The Morgan fingerprint density at radius 2 is 2.12 bits per heavy atom. The summed E-state index contributed by atoms with van der Waals surface area (Å²) in [4.78, 5) is 27.2. The van der Waals surface area contributed by atoms with Crippen molar-refractivity contribution in [1.29, 1.82) is 0 Å². The van der Waals surface area contributed by atoms with Gasteiger partial charge in [0.25, 0.3) is 0 Å². The molecule has 0 fully saturated rings. The molecule has 0 aliphatic heterocycles. The molecule has 1 amide bonds. The van der Waals surface area contributed by atoms with E-state index >= 15 is 0 Å². The number of hydrogen-bond acceptors (Lipinski definition) is 6. The van der Waals surface area contributed by atoms with Crippen molar-refractivity contribution < 1.29 is 9.53 Å². The van der Waals surface area contributed by atoms with Gasteiger partial charge >= 0.3 is 0 Å². The van der Waals surface area contributed by atoms with Crippen molar-refractivity contribution in [1.82, 2.24) is 25.3 Å². The maximum atomic E-state index is 12.0. The van der Waals surface area contributed by atoms with Gasteiger partial charge in [0.05, 0.1) is 13.4 Å². The van der Waals surface area contributed by atoms with Crippen molar-refractivity contribution in [3.8, 4) is 5.75 Å². The molecule has 0 spiro atoms. The number of nitrogens with one attached hydrogen (secondary N) is 3. The lowest BCUT2D eigenvalue weighted by Crippen LogP contribution is -2.25. The van der Waals surface area contributed by atoms with Crippen LogP contribution < -0.4 is 15.4 Å². The zero-order valence-corrected chi connectivity index (χ0v) is 13.2. The number of aromatic amines is 1. The minimum absolute atomic E-state index is 0.0525. The lowest BCUT2D eigenvalue weighted by molar-refractivity contribution is -0.121. The number of carbonyl (C=O) groups excluding carboxylic acids is 1. The number of aromatic nitrogens is 4. The molecule has 8 heteroatoms. The first kappa shape index (κ1) is 15.7. The minimum atomic E-state index is -0.0525. The van der Waals surface area contributed by atoms with Crippen LogP contribution in [0.3, 0.4) is 0 Å². The second-order valence-corrected chi connectivity index (χ2v) is 5.09. The molecule has 3 aromatic rings. The van der Waals surface area contributed by atoms with Gasteiger partial charge in [-0.25, -0.2) is 15.0 Å². The summed E-state index contributed by atoms with van der Waals surface area (Å²) in [6, 6.07) is 7.60. The van der Waals surface area contributed by atoms with E-state index in [1.807, 2.05) is 24.3 Å². The molecule has 0 bridgehead atoms. The fourth-order valence-corrected chi connectivity index (χ4v) is 2.32. The zero-order chi connectivity index (χ0) is 16.8. The predicted molar refractivity (Wildman–Crippen MR) is 89.6 cm³/mol. The molecule has 0 saturated carbocycles. The van der Waals surface area contributed by atoms with Crippen LogP contribution in [0.15, 0.2) is 36.9 Å². The molecular formula is C16H18N6O2. The molecule has 0 aliphatic rings. The number of para-hydroxylation sites is 1. The van der Waals surface area contributed by atoms with Crippen LogP contribution in [0.1, 0.15) is 12.0 Å². The Bertz CT molecular complexity index is 832. The number of anilines is 1. The third kappa shape index (κ3) is 3.60. The number of nitrogens with zero attached hydrogens (tertiary/aromatic N) is 3. The molecule has 124 valence electrons. The summed E-state index contributed by atoms with van der Waals surface area (Å²) in [6.45, 7) is 0.893. The van der Waals surface area contributed by atoms with E-state index in [4.69, 9.17) is 4.74 Å². The van der Waals surface area contributed by atoms with E-state index in [1.54, 1.807) is 13.4 Å². The van der Waals surface area contributed by atoms with Crippen LogP contribution >= 0.6 is 0 Å². The number of H-pyrrole nitrogens is 1. The maximum absolute atomic E-state index is 12.0. The van der Waals surface area contributed by atoms with Crippen LogP contribution in [0.2, 0.25) is 0 Å². The number of rotatable bonds is 7. The van der Waals surface area contributed by atoms with Gasteiger partial charge in [-0.3, -0.25) is 4.79 Å². The number of fused-ring (bicyclic) bond motifs is 1. The fourth-order valence-electron chi connectivity index (χ4n) is 2.32. The quantitative estimate of drug-likeness (QED) is 0.607. The Morgan fingerprint density at radius 3 is 3.00 bits per heavy atom. The summed E-state index contributed by atoms with van der Waals surface area (Å²) in [5.74, 6) is 1.34. The molecule has 3 rings (SSSR count). The van der Waals surface area contributed by atoms with Gasteiger partial charge in [0.2, 0.25) is 5.91 Å². The van der Waals surface area contributed by atoms with Crippen LogP contribution in [0, 0.1) is 0 Å². The molecule has 0 unspecified atom stereocenters. The number of hydrogen-bond donors (Lipinski definition) is 3. The number of amides is 1. The van der Waals surface area contributed by atoms with Crippen molar-refractivity contribution in [2.45, 2.75) is 13.0 Å². The highest BCUT2D eigenvalue weighted by Crippen LogP contribution is 2.17. The van der Waals surface area contributed by atoms with E-state index in [1.165, 1.54) is 6.33 Å². The smallest absolute Gasteiger partial charge is 0.222 e. The Labute approximate surface area is 138 Å². The molecule has 1 aromatic carbocycles. The third-order valence-corrected chi connectivity index (χ3v) is 3.54. The highest BCUT2D eigenvalue weighted by Gasteiger charge is 2.07. The van der Waals surface area contributed by atoms with Crippen LogP contribution in [-0.4, -0.2) is 39.5 Å². The number of imidazole rings is 1. The Hall–Kier alpha value is -3.16. The lowest BCUT2D eigenvalue weighted by atomic mass is 10.2. The first-order chi connectivity index (χ1) is 11.8. The van der Waals surface area contributed by atoms with E-state index in [2.05, 4.69) is 30.6 Å². The molecule has 8 nitrogen and oxygen atoms in total. The molecule has 3 N–H and O–H groups in total. The largest absolute Gasteiger partial charge is 0.496 e. The van der Waals surface area contributed by atoms with Crippen LogP contribution in [-0.2, 0) is 11.3 Å². The Kier molecular flexibility index (Phi) is 4.85. The summed E-state index contributed by atoms with van der Waals surface area (Å²) in [7, 11) is 1.61. The van der Waals surface area contributed by atoms with Crippen molar-refractivity contribution in [3.63, 3.8) is 0 Å². The topological polar surface area (TPSA) is 105 Å². The molecular weight excluding hydrogens is 308 g/mol. The van der Waals surface area contributed by atoms with E-state index < -0.39 is 0 Å². The van der Waals surface area contributed by atoms with Gasteiger partial charge in [-0.15, -0.1) is 0 Å². The fraction of sp³-hybridized carbons (Fsp3) is 0.250. The zero-order valence-electron chi connectivity index (χ0n) is 13.2. The lowest BCUT2D eigenvalue weighted by Gasteiger charge is -2.10. The van der Waals surface area contributed by atoms with Crippen LogP contribution in [0.4, 0.5) is 5.82 Å².